The highest BCUT2D eigenvalue weighted by Crippen LogP contribution is 2.38. The van der Waals surface area contributed by atoms with Crippen LogP contribution in [0.2, 0.25) is 0 Å². The molecule has 0 radical (unpaired) electrons. The molecule has 7 nitrogen and oxygen atoms in total. The van der Waals surface area contributed by atoms with E-state index in [9.17, 15) is 18.0 Å². The van der Waals surface area contributed by atoms with E-state index in [2.05, 4.69) is 20.0 Å². The number of aromatic amines is 1. The lowest BCUT2D eigenvalue weighted by atomic mass is 9.94. The van der Waals surface area contributed by atoms with Crippen molar-refractivity contribution in [3.63, 3.8) is 0 Å². The normalized spacial score (nSPS) is 13.5. The van der Waals surface area contributed by atoms with Gasteiger partial charge >= 0.3 is 6.61 Å². The Kier molecular flexibility index (Phi) is 7.02. The number of nitrogens with one attached hydrogen (secondary N) is 2. The van der Waals surface area contributed by atoms with Gasteiger partial charge in [0.05, 0.1) is 23.1 Å². The standard InChI is InChI=1S/C25H26F3N3O4/c1-25(2,33-3)13-34-19-12-29-9-7-15(19)21-16(20-18(31-21)8-10-30-23(20)32)11-14-5-4-6-17(26)22(14)35-24(27)28/h4-7,9,12,24,31H,8,10-11,13H2,1-3H3,(H,30,32). The molecule has 1 aliphatic heterocycles. The number of rotatable bonds is 9. The molecule has 1 amide bonds. The molecular weight excluding hydrogens is 463 g/mol. The van der Waals surface area contributed by atoms with E-state index in [0.29, 0.717) is 46.8 Å². The molecule has 4 rings (SSSR count). The molecule has 0 bridgehead atoms. The van der Waals surface area contributed by atoms with Crippen LogP contribution in [-0.4, -0.2) is 48.3 Å². The van der Waals surface area contributed by atoms with Crippen molar-refractivity contribution in [1.29, 1.82) is 0 Å². The van der Waals surface area contributed by atoms with Gasteiger partial charge in [-0.2, -0.15) is 8.78 Å². The summed E-state index contributed by atoms with van der Waals surface area (Å²) >= 11 is 0. The van der Waals surface area contributed by atoms with E-state index in [4.69, 9.17) is 9.47 Å². The quantitative estimate of drug-likeness (QED) is 0.463. The lowest BCUT2D eigenvalue weighted by molar-refractivity contribution is -0.0527. The number of alkyl halides is 2. The van der Waals surface area contributed by atoms with E-state index in [1.807, 2.05) is 13.8 Å². The van der Waals surface area contributed by atoms with Gasteiger partial charge in [0, 0.05) is 49.5 Å². The van der Waals surface area contributed by atoms with Gasteiger partial charge in [-0.1, -0.05) is 12.1 Å². The summed E-state index contributed by atoms with van der Waals surface area (Å²) in [4.78, 5) is 20.3. The molecule has 2 aromatic heterocycles. The number of hydrogen-bond donors (Lipinski definition) is 2. The predicted octanol–water partition coefficient (Wildman–Crippen LogP) is 4.50. The molecule has 3 heterocycles. The molecule has 0 unspecified atom stereocenters. The Bertz CT molecular complexity index is 1230. The van der Waals surface area contributed by atoms with Gasteiger partial charge in [0.1, 0.15) is 12.4 Å². The molecule has 35 heavy (non-hydrogen) atoms. The van der Waals surface area contributed by atoms with E-state index in [1.165, 1.54) is 12.1 Å². The average Bonchev–Trinajstić information content (AvgIpc) is 3.19. The van der Waals surface area contributed by atoms with Gasteiger partial charge < -0.3 is 24.5 Å². The molecule has 0 spiro atoms. The fraction of sp³-hybridized carbons (Fsp3) is 0.360. The van der Waals surface area contributed by atoms with Gasteiger partial charge in [-0.3, -0.25) is 9.78 Å². The van der Waals surface area contributed by atoms with Crippen molar-refractivity contribution in [3.8, 4) is 22.8 Å². The summed E-state index contributed by atoms with van der Waals surface area (Å²) in [5.41, 5.74) is 2.43. The van der Waals surface area contributed by atoms with E-state index in [0.717, 1.165) is 6.07 Å². The summed E-state index contributed by atoms with van der Waals surface area (Å²) < 4.78 is 56.3. The first-order chi connectivity index (χ1) is 16.7. The van der Waals surface area contributed by atoms with E-state index < -0.39 is 23.8 Å². The number of para-hydroxylation sites is 1. The highest BCUT2D eigenvalue weighted by Gasteiger charge is 2.29. The molecule has 1 aliphatic rings. The maximum atomic E-state index is 14.4. The van der Waals surface area contributed by atoms with Crippen molar-refractivity contribution in [3.05, 3.63) is 64.9 Å². The zero-order valence-electron chi connectivity index (χ0n) is 19.6. The number of ether oxygens (including phenoxy) is 3. The Labute approximate surface area is 200 Å². The van der Waals surface area contributed by atoms with Gasteiger partial charge in [0.25, 0.3) is 5.91 Å². The topological polar surface area (TPSA) is 85.5 Å². The zero-order chi connectivity index (χ0) is 25.2. The van der Waals surface area contributed by atoms with Crippen LogP contribution >= 0.6 is 0 Å². The van der Waals surface area contributed by atoms with Crippen molar-refractivity contribution in [2.75, 3.05) is 20.3 Å². The third kappa shape index (κ3) is 5.27. The minimum absolute atomic E-state index is 0.0280. The number of aromatic nitrogens is 2. The van der Waals surface area contributed by atoms with Crippen molar-refractivity contribution in [2.45, 2.75) is 38.9 Å². The van der Waals surface area contributed by atoms with E-state index in [1.54, 1.807) is 25.6 Å². The number of carbonyl (C=O) groups is 1. The van der Waals surface area contributed by atoms with E-state index in [-0.39, 0.29) is 24.5 Å². The number of hydrogen-bond acceptors (Lipinski definition) is 5. The lowest BCUT2D eigenvalue weighted by Gasteiger charge is -2.23. The highest BCUT2D eigenvalue weighted by molar-refractivity contribution is 6.00. The second-order valence-corrected chi connectivity index (χ2v) is 8.75. The number of pyridine rings is 1. The van der Waals surface area contributed by atoms with E-state index >= 15 is 0 Å². The van der Waals surface area contributed by atoms with Gasteiger partial charge in [0.2, 0.25) is 0 Å². The first-order valence-electron chi connectivity index (χ1n) is 11.1. The minimum Gasteiger partial charge on any atom is -0.488 e. The maximum Gasteiger partial charge on any atom is 0.387 e. The number of methoxy groups -OCH3 is 1. The van der Waals surface area contributed by atoms with Crippen molar-refractivity contribution in [1.82, 2.24) is 15.3 Å². The van der Waals surface area contributed by atoms with Crippen molar-refractivity contribution < 1.29 is 32.2 Å². The number of amides is 1. The molecule has 0 aliphatic carbocycles. The lowest BCUT2D eigenvalue weighted by Crippen LogP contribution is -2.32. The monoisotopic (exact) mass is 489 g/mol. The van der Waals surface area contributed by atoms with Crippen LogP contribution in [0.5, 0.6) is 11.5 Å². The summed E-state index contributed by atoms with van der Waals surface area (Å²) in [5, 5.41) is 2.81. The maximum absolute atomic E-state index is 14.4. The predicted molar refractivity (Wildman–Crippen MR) is 122 cm³/mol. The largest absolute Gasteiger partial charge is 0.488 e. The number of nitrogens with zero attached hydrogens (tertiary/aromatic N) is 1. The zero-order valence-corrected chi connectivity index (χ0v) is 19.6. The SMILES string of the molecule is COC(C)(C)COc1cnccc1-c1[nH]c2c(c1Cc1cccc(F)c1OC(F)F)C(=O)NCC2. The first-order valence-corrected chi connectivity index (χ1v) is 11.1. The molecule has 0 saturated carbocycles. The van der Waals surface area contributed by atoms with Gasteiger partial charge in [-0.25, -0.2) is 4.39 Å². The Hall–Kier alpha value is -3.53. The molecule has 3 aromatic rings. The van der Waals surface area contributed by atoms with Crippen LogP contribution in [0.15, 0.2) is 36.7 Å². The average molecular weight is 489 g/mol. The Balaban J connectivity index is 1.83. The summed E-state index contributed by atoms with van der Waals surface area (Å²) in [7, 11) is 1.58. The highest BCUT2D eigenvalue weighted by atomic mass is 19.3. The molecule has 10 heteroatoms. The minimum atomic E-state index is -3.20. The third-order valence-electron chi connectivity index (χ3n) is 5.87. The first kappa shape index (κ1) is 24.6. The Morgan fingerprint density at radius 3 is 2.77 bits per heavy atom. The molecule has 0 fully saturated rings. The van der Waals surface area contributed by atoms with Crippen molar-refractivity contribution in [2.24, 2.45) is 0 Å². The second kappa shape index (κ2) is 9.99. The van der Waals surface area contributed by atoms with Crippen LogP contribution in [-0.2, 0) is 17.6 Å². The second-order valence-electron chi connectivity index (χ2n) is 8.75. The Morgan fingerprint density at radius 1 is 1.23 bits per heavy atom. The molecular formula is C25H26F3N3O4. The molecule has 0 atom stereocenters. The summed E-state index contributed by atoms with van der Waals surface area (Å²) in [6.45, 7) is 1.24. The van der Waals surface area contributed by atoms with Gasteiger partial charge in [-0.05, 0) is 31.5 Å². The van der Waals surface area contributed by atoms with Crippen molar-refractivity contribution >= 4 is 5.91 Å². The number of halogens is 3. The summed E-state index contributed by atoms with van der Waals surface area (Å²) in [6, 6.07) is 5.69. The molecule has 2 N–H and O–H groups in total. The smallest absolute Gasteiger partial charge is 0.387 e. The fourth-order valence-corrected chi connectivity index (χ4v) is 3.97. The fourth-order valence-electron chi connectivity index (χ4n) is 3.97. The number of fused-ring (bicyclic) bond motifs is 1. The van der Waals surface area contributed by atoms with Crippen LogP contribution in [0.3, 0.4) is 0 Å². The van der Waals surface area contributed by atoms with Gasteiger partial charge in [0.15, 0.2) is 11.6 Å². The van der Waals surface area contributed by atoms with Crippen LogP contribution in [0, 0.1) is 5.82 Å². The van der Waals surface area contributed by atoms with Crippen LogP contribution < -0.4 is 14.8 Å². The van der Waals surface area contributed by atoms with Gasteiger partial charge in [-0.15, -0.1) is 0 Å². The third-order valence-corrected chi connectivity index (χ3v) is 5.87. The van der Waals surface area contributed by atoms with Crippen LogP contribution in [0.1, 0.15) is 41.0 Å². The number of benzene rings is 1. The summed E-state index contributed by atoms with van der Waals surface area (Å²) in [6.07, 6.45) is 3.66. The van der Waals surface area contributed by atoms with Crippen LogP contribution in [0.25, 0.3) is 11.3 Å². The van der Waals surface area contributed by atoms with Crippen LogP contribution in [0.4, 0.5) is 13.2 Å². The Morgan fingerprint density at radius 2 is 2.03 bits per heavy atom. The molecule has 0 saturated heterocycles. The number of H-pyrrole nitrogens is 1. The molecule has 186 valence electrons. The summed E-state index contributed by atoms with van der Waals surface area (Å²) in [5.74, 6) is -1.31. The molecule has 1 aromatic carbocycles. The number of carbonyl (C=O) groups excluding carboxylic acids is 1.